The second kappa shape index (κ2) is 7.59. The fourth-order valence-corrected chi connectivity index (χ4v) is 2.48. The summed E-state index contributed by atoms with van der Waals surface area (Å²) < 4.78 is 18.3. The van der Waals surface area contributed by atoms with E-state index in [2.05, 4.69) is 5.32 Å². The summed E-state index contributed by atoms with van der Waals surface area (Å²) in [6, 6.07) is 8.01. The molecule has 2 rings (SSSR count). The molecule has 0 aliphatic heterocycles. The maximum atomic E-state index is 12.9. The molecule has 1 heterocycles. The molecule has 0 spiro atoms. The van der Waals surface area contributed by atoms with Crippen LogP contribution in [0.1, 0.15) is 4.88 Å². The van der Waals surface area contributed by atoms with Gasteiger partial charge in [-0.25, -0.2) is 4.39 Å². The van der Waals surface area contributed by atoms with Crippen molar-refractivity contribution in [3.63, 3.8) is 0 Å². The molecule has 1 aromatic heterocycles. The summed E-state index contributed by atoms with van der Waals surface area (Å²) in [5.74, 6) is -0.389. The number of aliphatic hydroxyl groups is 1. The van der Waals surface area contributed by atoms with Crippen LogP contribution >= 0.6 is 22.9 Å². The Balaban J connectivity index is 1.70. The summed E-state index contributed by atoms with van der Waals surface area (Å²) in [5, 5.41) is 15.0. The molecule has 108 valence electrons. The van der Waals surface area contributed by atoms with Crippen LogP contribution in [0.4, 0.5) is 10.1 Å². The van der Waals surface area contributed by atoms with Crippen LogP contribution in [0.5, 0.6) is 0 Å². The molecule has 0 saturated heterocycles. The van der Waals surface area contributed by atoms with E-state index in [-0.39, 0.29) is 24.0 Å². The van der Waals surface area contributed by atoms with E-state index < -0.39 is 6.10 Å². The fourth-order valence-electron chi connectivity index (χ4n) is 1.61. The summed E-state index contributed by atoms with van der Waals surface area (Å²) in [5.41, 5.74) is 0.588. The Morgan fingerprint density at radius 1 is 1.40 bits per heavy atom. The monoisotopic (exact) mass is 315 g/mol. The third-order valence-electron chi connectivity index (χ3n) is 2.59. The molecule has 0 bridgehead atoms. The zero-order chi connectivity index (χ0) is 14.4. The van der Waals surface area contributed by atoms with Crippen LogP contribution in [-0.4, -0.2) is 24.4 Å². The molecule has 0 radical (unpaired) electrons. The third-order valence-corrected chi connectivity index (χ3v) is 3.76. The molecule has 0 amide bonds. The molecule has 0 aliphatic carbocycles. The molecule has 2 aromatic rings. The third kappa shape index (κ3) is 4.76. The topological polar surface area (TPSA) is 41.5 Å². The smallest absolute Gasteiger partial charge is 0.124 e. The molecule has 1 atom stereocenters. The van der Waals surface area contributed by atoms with Crippen molar-refractivity contribution in [2.24, 2.45) is 0 Å². The average Bonchev–Trinajstić information content (AvgIpc) is 2.91. The van der Waals surface area contributed by atoms with E-state index in [1.165, 1.54) is 18.2 Å². The van der Waals surface area contributed by atoms with E-state index in [1.807, 2.05) is 17.5 Å². The van der Waals surface area contributed by atoms with Gasteiger partial charge in [0.05, 0.1) is 30.0 Å². The van der Waals surface area contributed by atoms with Crippen LogP contribution in [0, 0.1) is 5.82 Å². The Kier molecular flexibility index (Phi) is 5.79. The second-order valence-electron chi connectivity index (χ2n) is 4.25. The van der Waals surface area contributed by atoms with Gasteiger partial charge in [-0.2, -0.15) is 0 Å². The van der Waals surface area contributed by atoms with Gasteiger partial charge in [0.2, 0.25) is 0 Å². The average molecular weight is 316 g/mol. The van der Waals surface area contributed by atoms with Gasteiger partial charge in [0.1, 0.15) is 5.82 Å². The highest BCUT2D eigenvalue weighted by Crippen LogP contribution is 2.22. The minimum absolute atomic E-state index is 0.226. The molecule has 0 saturated carbocycles. The minimum atomic E-state index is -0.656. The lowest BCUT2D eigenvalue weighted by Crippen LogP contribution is -2.24. The first-order valence-corrected chi connectivity index (χ1v) is 7.38. The van der Waals surface area contributed by atoms with Crippen molar-refractivity contribution < 1.29 is 14.2 Å². The summed E-state index contributed by atoms with van der Waals surface area (Å²) in [7, 11) is 0. The number of hydrogen-bond acceptors (Lipinski definition) is 4. The minimum Gasteiger partial charge on any atom is -0.389 e. The Morgan fingerprint density at radius 3 is 2.95 bits per heavy atom. The lowest BCUT2D eigenvalue weighted by molar-refractivity contribution is 0.0359. The van der Waals surface area contributed by atoms with Crippen molar-refractivity contribution >= 4 is 28.6 Å². The van der Waals surface area contributed by atoms with Crippen molar-refractivity contribution in [3.05, 3.63) is 51.4 Å². The molecule has 2 N–H and O–H groups in total. The maximum Gasteiger partial charge on any atom is 0.124 e. The van der Waals surface area contributed by atoms with Crippen LogP contribution in [0.3, 0.4) is 0 Å². The van der Waals surface area contributed by atoms with Gasteiger partial charge in [-0.3, -0.25) is 0 Å². The summed E-state index contributed by atoms with van der Waals surface area (Å²) >= 11 is 7.48. The quantitative estimate of drug-likeness (QED) is 0.821. The van der Waals surface area contributed by atoms with Crippen LogP contribution in [-0.2, 0) is 11.3 Å². The predicted molar refractivity (Wildman–Crippen MR) is 79.9 cm³/mol. The zero-order valence-corrected chi connectivity index (χ0v) is 12.3. The number of nitrogens with one attached hydrogen (secondary N) is 1. The SMILES string of the molecule is OC(CNc1ccc(F)cc1Cl)COCc1cccs1. The molecule has 6 heteroatoms. The first-order chi connectivity index (χ1) is 9.65. The van der Waals surface area contributed by atoms with Crippen LogP contribution in [0.25, 0.3) is 0 Å². The van der Waals surface area contributed by atoms with Gasteiger partial charge in [0.15, 0.2) is 0 Å². The second-order valence-corrected chi connectivity index (χ2v) is 5.69. The number of halogens is 2. The highest BCUT2D eigenvalue weighted by molar-refractivity contribution is 7.09. The van der Waals surface area contributed by atoms with E-state index in [4.69, 9.17) is 16.3 Å². The Hall–Kier alpha value is -1.14. The molecule has 0 aliphatic rings. The van der Waals surface area contributed by atoms with Gasteiger partial charge in [-0.1, -0.05) is 17.7 Å². The van der Waals surface area contributed by atoms with E-state index in [0.717, 1.165) is 4.88 Å². The molecule has 0 fully saturated rings. The molecule has 3 nitrogen and oxygen atoms in total. The van der Waals surface area contributed by atoms with Crippen LogP contribution in [0.2, 0.25) is 5.02 Å². The molecular weight excluding hydrogens is 301 g/mol. The fraction of sp³-hybridized carbons (Fsp3) is 0.286. The van der Waals surface area contributed by atoms with E-state index in [0.29, 0.717) is 12.3 Å². The van der Waals surface area contributed by atoms with Gasteiger partial charge in [-0.15, -0.1) is 11.3 Å². The van der Waals surface area contributed by atoms with Gasteiger partial charge < -0.3 is 15.2 Å². The zero-order valence-electron chi connectivity index (χ0n) is 10.7. The van der Waals surface area contributed by atoms with Gasteiger partial charge in [-0.05, 0) is 29.6 Å². The molecular formula is C14H15ClFNO2S. The van der Waals surface area contributed by atoms with Crippen molar-refractivity contribution in [2.75, 3.05) is 18.5 Å². The van der Waals surface area contributed by atoms with Crippen molar-refractivity contribution in [1.29, 1.82) is 0 Å². The van der Waals surface area contributed by atoms with Gasteiger partial charge in [0, 0.05) is 11.4 Å². The van der Waals surface area contributed by atoms with Crippen LogP contribution < -0.4 is 5.32 Å². The number of ether oxygens (including phenoxy) is 1. The normalized spacial score (nSPS) is 12.3. The standard InChI is InChI=1S/C14H15ClFNO2S/c15-13-6-10(16)3-4-14(13)17-7-11(18)8-19-9-12-2-1-5-20-12/h1-6,11,17-18H,7-9H2. The number of thiophene rings is 1. The van der Waals surface area contributed by atoms with Gasteiger partial charge >= 0.3 is 0 Å². The Morgan fingerprint density at radius 2 is 2.25 bits per heavy atom. The highest BCUT2D eigenvalue weighted by atomic mass is 35.5. The maximum absolute atomic E-state index is 12.9. The summed E-state index contributed by atoms with van der Waals surface area (Å²) in [6.07, 6.45) is -0.656. The van der Waals surface area contributed by atoms with Gasteiger partial charge in [0.25, 0.3) is 0 Å². The van der Waals surface area contributed by atoms with Crippen LogP contribution in [0.15, 0.2) is 35.7 Å². The van der Waals surface area contributed by atoms with E-state index in [9.17, 15) is 9.50 Å². The summed E-state index contributed by atoms with van der Waals surface area (Å²) in [4.78, 5) is 1.12. The van der Waals surface area contributed by atoms with Crippen molar-refractivity contribution in [2.45, 2.75) is 12.7 Å². The van der Waals surface area contributed by atoms with E-state index >= 15 is 0 Å². The number of aliphatic hydroxyl groups excluding tert-OH is 1. The van der Waals surface area contributed by atoms with Crippen molar-refractivity contribution in [1.82, 2.24) is 0 Å². The number of anilines is 1. The van der Waals surface area contributed by atoms with Crippen molar-refractivity contribution in [3.8, 4) is 0 Å². The highest BCUT2D eigenvalue weighted by Gasteiger charge is 2.07. The largest absolute Gasteiger partial charge is 0.389 e. The lowest BCUT2D eigenvalue weighted by Gasteiger charge is -2.14. The molecule has 20 heavy (non-hydrogen) atoms. The number of rotatable bonds is 7. The molecule has 1 unspecified atom stereocenters. The lowest BCUT2D eigenvalue weighted by atomic mass is 10.3. The number of benzene rings is 1. The summed E-state index contributed by atoms with van der Waals surface area (Å²) in [6.45, 7) is 1.01. The molecule has 1 aromatic carbocycles. The first-order valence-electron chi connectivity index (χ1n) is 6.12. The van der Waals surface area contributed by atoms with E-state index in [1.54, 1.807) is 11.3 Å². The Labute approximate surface area is 126 Å². The first kappa shape index (κ1) is 15.3. The predicted octanol–water partition coefficient (Wildman–Crippen LogP) is 3.53. The Bertz CT molecular complexity index is 536. The number of hydrogen-bond donors (Lipinski definition) is 2.